The minimum Gasteiger partial charge on any atom is -0.493 e. The first-order valence-corrected chi connectivity index (χ1v) is 15.5. The van der Waals surface area contributed by atoms with Crippen LogP contribution in [0.5, 0.6) is 11.5 Å². The molecule has 0 atom stereocenters. The van der Waals surface area contributed by atoms with Crippen LogP contribution >= 0.6 is 0 Å². The number of ether oxygens (including phenoxy) is 2. The Bertz CT molecular complexity index is 1870. The number of hydrogen-bond donors (Lipinski definition) is 2. The normalized spacial score (nSPS) is 12.6. The number of rotatable bonds is 12. The van der Waals surface area contributed by atoms with Crippen molar-refractivity contribution >= 4 is 40.5 Å². The number of hydrogen-bond acceptors (Lipinski definition) is 9. The molecule has 0 spiro atoms. The van der Waals surface area contributed by atoms with Crippen LogP contribution in [0.15, 0.2) is 96.1 Å². The average Bonchev–Trinajstić information content (AvgIpc) is 3.11. The molecule has 252 valence electrons. The van der Waals surface area contributed by atoms with E-state index in [4.69, 9.17) is 9.47 Å². The third-order valence-electron chi connectivity index (χ3n) is 7.66. The number of methoxy groups -OCH3 is 1. The van der Waals surface area contributed by atoms with Crippen LogP contribution in [0.4, 0.5) is 17.1 Å². The Morgan fingerprint density at radius 2 is 1.53 bits per heavy atom. The molecule has 0 fully saturated rings. The highest BCUT2D eigenvalue weighted by Crippen LogP contribution is 2.30. The third kappa shape index (κ3) is 8.84. The summed E-state index contributed by atoms with van der Waals surface area (Å²) in [6.45, 7) is 1.69. The summed E-state index contributed by atoms with van der Waals surface area (Å²) in [6.07, 6.45) is 1.43. The monoisotopic (exact) mass is 664 g/mol. The predicted octanol–water partition coefficient (Wildman–Crippen LogP) is 5.69. The van der Waals surface area contributed by atoms with E-state index in [0.29, 0.717) is 53.6 Å². The van der Waals surface area contributed by atoms with Crippen LogP contribution in [-0.2, 0) is 0 Å². The first kappa shape index (κ1) is 34.3. The Morgan fingerprint density at radius 3 is 2.18 bits per heavy atom. The lowest BCUT2D eigenvalue weighted by molar-refractivity contribution is -0.384. The summed E-state index contributed by atoms with van der Waals surface area (Å²) in [6, 6.07) is 23.8. The largest absolute Gasteiger partial charge is 0.493 e. The van der Waals surface area contributed by atoms with Crippen molar-refractivity contribution in [2.45, 2.75) is 12.8 Å². The van der Waals surface area contributed by atoms with Crippen molar-refractivity contribution in [1.82, 2.24) is 9.91 Å². The Morgan fingerprint density at radius 1 is 0.857 bits per heavy atom. The lowest BCUT2D eigenvalue weighted by Crippen LogP contribution is -2.32. The number of amides is 3. The van der Waals surface area contributed by atoms with Gasteiger partial charge in [-0.3, -0.25) is 24.5 Å². The van der Waals surface area contributed by atoms with Crippen LogP contribution in [0.1, 0.15) is 49.5 Å². The molecule has 13 heteroatoms. The summed E-state index contributed by atoms with van der Waals surface area (Å²) < 4.78 is 11.4. The maximum Gasteiger partial charge on any atom is 0.274 e. The van der Waals surface area contributed by atoms with Crippen molar-refractivity contribution in [3.05, 3.63) is 123 Å². The highest BCUT2D eigenvalue weighted by Gasteiger charge is 2.22. The maximum atomic E-state index is 13.5. The summed E-state index contributed by atoms with van der Waals surface area (Å²) in [5.41, 5.74) is 3.32. The molecule has 1 aliphatic rings. The molecule has 0 radical (unpaired) electrons. The van der Waals surface area contributed by atoms with E-state index in [1.165, 1.54) is 29.3 Å². The van der Waals surface area contributed by atoms with Crippen LogP contribution in [0, 0.1) is 10.1 Å². The van der Waals surface area contributed by atoms with E-state index in [-0.39, 0.29) is 17.2 Å². The second-order valence-electron chi connectivity index (χ2n) is 11.5. The number of non-ortho nitro benzene ring substituents is 1. The Kier molecular flexibility index (Phi) is 11.0. The van der Waals surface area contributed by atoms with E-state index < -0.39 is 16.7 Å². The fourth-order valence-corrected chi connectivity index (χ4v) is 5.02. The van der Waals surface area contributed by atoms with Gasteiger partial charge in [0.2, 0.25) is 0 Å². The van der Waals surface area contributed by atoms with E-state index in [1.54, 1.807) is 55.6 Å². The molecule has 1 heterocycles. The maximum absolute atomic E-state index is 13.5. The Balaban J connectivity index is 1.22. The van der Waals surface area contributed by atoms with Crippen LogP contribution in [-0.4, -0.2) is 79.2 Å². The summed E-state index contributed by atoms with van der Waals surface area (Å²) in [4.78, 5) is 51.4. The van der Waals surface area contributed by atoms with Gasteiger partial charge in [0.15, 0.2) is 11.5 Å². The van der Waals surface area contributed by atoms with Gasteiger partial charge in [-0.05, 0) is 99.7 Å². The van der Waals surface area contributed by atoms with Gasteiger partial charge in [-0.15, -0.1) is 0 Å². The molecule has 3 amide bonds. The fraction of sp³-hybridized carbons (Fsp3) is 0.222. The van der Waals surface area contributed by atoms with E-state index in [1.807, 2.05) is 37.2 Å². The molecule has 4 aromatic rings. The van der Waals surface area contributed by atoms with E-state index in [9.17, 15) is 24.5 Å². The van der Waals surface area contributed by atoms with Gasteiger partial charge in [0.05, 0.1) is 17.7 Å². The number of nitro benzene ring substituents is 1. The van der Waals surface area contributed by atoms with E-state index >= 15 is 0 Å². The Hall–Kier alpha value is -6.08. The zero-order valence-corrected chi connectivity index (χ0v) is 27.3. The molecule has 0 aliphatic carbocycles. The van der Waals surface area contributed by atoms with Gasteiger partial charge in [0.25, 0.3) is 23.4 Å². The molecular weight excluding hydrogens is 628 g/mol. The molecule has 2 N–H and O–H groups in total. The van der Waals surface area contributed by atoms with Gasteiger partial charge in [-0.1, -0.05) is 6.07 Å². The van der Waals surface area contributed by atoms with Crippen molar-refractivity contribution in [1.29, 1.82) is 0 Å². The number of anilines is 2. The second-order valence-corrected chi connectivity index (χ2v) is 11.5. The molecule has 0 unspecified atom stereocenters. The zero-order chi connectivity index (χ0) is 34.9. The van der Waals surface area contributed by atoms with Crippen molar-refractivity contribution in [2.75, 3.05) is 51.5 Å². The minimum absolute atomic E-state index is 0.114. The molecular formula is C36H36N6O7. The first-order valence-electron chi connectivity index (χ1n) is 15.5. The number of benzene rings is 4. The van der Waals surface area contributed by atoms with Gasteiger partial charge >= 0.3 is 0 Å². The van der Waals surface area contributed by atoms with Gasteiger partial charge < -0.3 is 25.0 Å². The summed E-state index contributed by atoms with van der Waals surface area (Å²) in [7, 11) is 5.54. The number of carbonyl (C=O) groups is 3. The Labute approximate surface area is 283 Å². The fourth-order valence-electron chi connectivity index (χ4n) is 5.02. The van der Waals surface area contributed by atoms with Crippen molar-refractivity contribution < 1.29 is 28.8 Å². The summed E-state index contributed by atoms with van der Waals surface area (Å²) in [5, 5.41) is 22.5. The molecule has 49 heavy (non-hydrogen) atoms. The molecule has 5 rings (SSSR count). The highest BCUT2D eigenvalue weighted by molar-refractivity contribution is 6.07. The number of nitro groups is 1. The zero-order valence-electron chi connectivity index (χ0n) is 27.3. The third-order valence-corrected chi connectivity index (χ3v) is 7.66. The molecule has 4 aromatic carbocycles. The predicted molar refractivity (Wildman–Crippen MR) is 186 cm³/mol. The van der Waals surface area contributed by atoms with E-state index in [2.05, 4.69) is 15.7 Å². The molecule has 0 saturated carbocycles. The van der Waals surface area contributed by atoms with Crippen LogP contribution in [0.3, 0.4) is 0 Å². The number of hydrazone groups is 1. The van der Waals surface area contributed by atoms with Gasteiger partial charge in [0, 0.05) is 58.9 Å². The van der Waals surface area contributed by atoms with Crippen LogP contribution < -0.4 is 20.1 Å². The minimum atomic E-state index is -0.540. The van der Waals surface area contributed by atoms with Gasteiger partial charge in [-0.25, -0.2) is 5.01 Å². The average molecular weight is 665 g/mol. The number of carbonyl (C=O) groups excluding carboxylic acids is 3. The molecule has 1 aliphatic heterocycles. The number of nitrogens with one attached hydrogen (secondary N) is 2. The molecule has 0 bridgehead atoms. The molecule has 0 aromatic heterocycles. The van der Waals surface area contributed by atoms with Crippen LogP contribution in [0.25, 0.3) is 0 Å². The standard InChI is InChI=1S/C36H36N6O7/c1-40(2)20-21-49-33-23-26(13-18-32(33)48-3)31-8-5-19-41(39-31)36(45)27-6-4-7-29(22-27)38-35(44)24-9-14-28(15-10-24)37-34(43)25-11-16-30(17-12-25)42(46)47/h4,6-7,9-18,22-23H,5,8,19-21H2,1-3H3,(H,37,43)(H,38,44). The quantitative estimate of drug-likeness (QED) is 0.145. The lowest BCUT2D eigenvalue weighted by Gasteiger charge is -2.24. The SMILES string of the molecule is COc1ccc(C2=NN(C(=O)c3cccc(NC(=O)c4ccc(NC(=O)c5ccc([N+](=O)[O-])cc5)cc4)c3)CCC2)cc1OCCN(C)C. The van der Waals surface area contributed by atoms with Gasteiger partial charge in [-0.2, -0.15) is 5.10 Å². The topological polar surface area (TPSA) is 156 Å². The summed E-state index contributed by atoms with van der Waals surface area (Å²) >= 11 is 0. The smallest absolute Gasteiger partial charge is 0.274 e. The van der Waals surface area contributed by atoms with Crippen molar-refractivity contribution in [3.63, 3.8) is 0 Å². The first-order chi connectivity index (χ1) is 23.6. The summed E-state index contributed by atoms with van der Waals surface area (Å²) in [5.74, 6) is 0.0833. The second kappa shape index (κ2) is 15.7. The van der Waals surface area contributed by atoms with Crippen LogP contribution in [0.2, 0.25) is 0 Å². The lowest BCUT2D eigenvalue weighted by atomic mass is 10.0. The van der Waals surface area contributed by atoms with Gasteiger partial charge in [0.1, 0.15) is 6.61 Å². The van der Waals surface area contributed by atoms with E-state index in [0.717, 1.165) is 24.2 Å². The van der Waals surface area contributed by atoms with Crippen molar-refractivity contribution in [3.8, 4) is 11.5 Å². The highest BCUT2D eigenvalue weighted by atomic mass is 16.6. The molecule has 0 saturated heterocycles. The van der Waals surface area contributed by atoms with Crippen molar-refractivity contribution in [2.24, 2.45) is 5.10 Å². The number of likely N-dealkylation sites (N-methyl/N-ethyl adjacent to an activating group) is 1. The molecule has 13 nitrogen and oxygen atoms in total. The number of nitrogens with zero attached hydrogens (tertiary/aromatic N) is 4.